The fourth-order valence-electron chi connectivity index (χ4n) is 3.59. The molecule has 0 aliphatic heterocycles. The highest BCUT2D eigenvalue weighted by atomic mass is 35.5. The van der Waals surface area contributed by atoms with Crippen molar-refractivity contribution in [1.29, 1.82) is 0 Å². The van der Waals surface area contributed by atoms with Crippen molar-refractivity contribution in [3.05, 3.63) is 83.0 Å². The van der Waals surface area contributed by atoms with Crippen LogP contribution < -0.4 is 0 Å². The van der Waals surface area contributed by atoms with Crippen LogP contribution in [0.5, 0.6) is 0 Å². The van der Waals surface area contributed by atoms with E-state index in [4.69, 9.17) is 11.6 Å². The van der Waals surface area contributed by atoms with Crippen LogP contribution in [0.3, 0.4) is 0 Å². The van der Waals surface area contributed by atoms with Gasteiger partial charge in [-0.05, 0) is 48.2 Å². The molecule has 134 valence electrons. The third-order valence-electron chi connectivity index (χ3n) is 4.95. The van der Waals surface area contributed by atoms with E-state index in [2.05, 4.69) is 15.1 Å². The number of rotatable bonds is 3. The summed E-state index contributed by atoms with van der Waals surface area (Å²) in [6.07, 6.45) is 6.02. The summed E-state index contributed by atoms with van der Waals surface area (Å²) in [5.74, 6) is -0.741. The van der Waals surface area contributed by atoms with Gasteiger partial charge < -0.3 is 0 Å². The Bertz CT molecular complexity index is 1170. The Labute approximate surface area is 158 Å². The Balaban J connectivity index is 1.49. The predicted octanol–water partition coefficient (Wildman–Crippen LogP) is 4.99. The first-order chi connectivity index (χ1) is 13.1. The molecule has 0 amide bonds. The lowest BCUT2D eigenvalue weighted by Gasteiger charge is -2.07. The van der Waals surface area contributed by atoms with Crippen LogP contribution in [0.25, 0.3) is 16.8 Å². The number of hydrogen-bond donors (Lipinski definition) is 0. The van der Waals surface area contributed by atoms with Gasteiger partial charge in [0.1, 0.15) is 16.8 Å². The molecule has 3 aromatic heterocycles. The summed E-state index contributed by atoms with van der Waals surface area (Å²) in [4.78, 5) is 8.84. The Morgan fingerprint density at radius 3 is 2.74 bits per heavy atom. The zero-order chi connectivity index (χ0) is 18.5. The lowest BCUT2D eigenvalue weighted by molar-refractivity contribution is 0.585. The molecule has 1 fully saturated rings. The van der Waals surface area contributed by atoms with Crippen molar-refractivity contribution in [1.82, 2.24) is 19.6 Å². The minimum absolute atomic E-state index is 0.201. The molecule has 0 spiro atoms. The molecule has 1 saturated carbocycles. The monoisotopic (exact) mass is 382 g/mol. The first-order valence-electron chi connectivity index (χ1n) is 8.51. The topological polar surface area (TPSA) is 43.1 Å². The molecule has 3 heterocycles. The average molecular weight is 383 g/mol. The number of benzene rings is 1. The number of fused-ring (bicyclic) bond motifs is 1. The molecule has 27 heavy (non-hydrogen) atoms. The quantitative estimate of drug-likeness (QED) is 0.501. The van der Waals surface area contributed by atoms with Crippen LogP contribution in [0.4, 0.5) is 8.78 Å². The van der Waals surface area contributed by atoms with Gasteiger partial charge in [-0.2, -0.15) is 5.10 Å². The largest absolute Gasteiger partial charge is 0.261 e. The molecule has 0 N–H and O–H groups in total. The number of hydrogen-bond acceptors (Lipinski definition) is 3. The molecule has 5 rings (SSSR count). The van der Waals surface area contributed by atoms with Gasteiger partial charge in [0, 0.05) is 47.4 Å². The smallest absolute Gasteiger partial charge is 0.157 e. The van der Waals surface area contributed by atoms with Gasteiger partial charge in [0.25, 0.3) is 0 Å². The van der Waals surface area contributed by atoms with Gasteiger partial charge >= 0.3 is 0 Å². The lowest BCUT2D eigenvalue weighted by atomic mass is 10.0. The number of imidazole rings is 1. The summed E-state index contributed by atoms with van der Waals surface area (Å²) < 4.78 is 29.0. The number of aromatic nitrogens is 4. The van der Waals surface area contributed by atoms with E-state index >= 15 is 0 Å². The molecular formula is C20H13ClF2N4. The Morgan fingerprint density at radius 1 is 1.00 bits per heavy atom. The van der Waals surface area contributed by atoms with Gasteiger partial charge in [0.2, 0.25) is 0 Å². The maximum Gasteiger partial charge on any atom is 0.157 e. The summed E-state index contributed by atoms with van der Waals surface area (Å²) in [5, 5.41) is 4.62. The SMILES string of the molecule is Fc1ccc(-c2ccnc([C@H]3CC3c3cc(Cl)nn4ccnc34)c2)c(F)c1. The molecule has 1 aliphatic rings. The fourth-order valence-corrected chi connectivity index (χ4v) is 3.79. The minimum atomic E-state index is -0.592. The van der Waals surface area contributed by atoms with Gasteiger partial charge in [-0.3, -0.25) is 4.98 Å². The molecule has 2 atom stereocenters. The van der Waals surface area contributed by atoms with E-state index in [0.29, 0.717) is 16.3 Å². The Hall–Kier alpha value is -2.86. The van der Waals surface area contributed by atoms with E-state index < -0.39 is 11.6 Å². The van der Waals surface area contributed by atoms with Crippen LogP contribution in [0, 0.1) is 11.6 Å². The van der Waals surface area contributed by atoms with Gasteiger partial charge in [-0.25, -0.2) is 18.3 Å². The average Bonchev–Trinajstić information content (AvgIpc) is 3.31. The predicted molar refractivity (Wildman–Crippen MR) is 97.7 cm³/mol. The molecule has 0 saturated heterocycles. The van der Waals surface area contributed by atoms with Crippen LogP contribution in [-0.2, 0) is 0 Å². The maximum atomic E-state index is 14.1. The van der Waals surface area contributed by atoms with Crippen molar-refractivity contribution < 1.29 is 8.78 Å². The highest BCUT2D eigenvalue weighted by Crippen LogP contribution is 2.55. The van der Waals surface area contributed by atoms with E-state index in [9.17, 15) is 8.78 Å². The molecule has 0 radical (unpaired) electrons. The highest BCUT2D eigenvalue weighted by Gasteiger charge is 2.42. The van der Waals surface area contributed by atoms with Crippen molar-refractivity contribution >= 4 is 17.2 Å². The van der Waals surface area contributed by atoms with E-state index in [-0.39, 0.29) is 11.8 Å². The first-order valence-corrected chi connectivity index (χ1v) is 8.89. The Morgan fingerprint density at radius 2 is 1.89 bits per heavy atom. The number of pyridine rings is 1. The van der Waals surface area contributed by atoms with Crippen molar-refractivity contribution in [3.63, 3.8) is 0 Å². The Kier molecular flexibility index (Phi) is 3.68. The van der Waals surface area contributed by atoms with Gasteiger partial charge in [-0.1, -0.05) is 11.6 Å². The van der Waals surface area contributed by atoms with E-state index in [0.717, 1.165) is 29.4 Å². The molecular weight excluding hydrogens is 370 g/mol. The van der Waals surface area contributed by atoms with E-state index in [1.807, 2.05) is 12.1 Å². The summed E-state index contributed by atoms with van der Waals surface area (Å²) in [6.45, 7) is 0. The first kappa shape index (κ1) is 16.3. The highest BCUT2D eigenvalue weighted by molar-refractivity contribution is 6.29. The lowest BCUT2D eigenvalue weighted by Crippen LogP contribution is -1.97. The zero-order valence-corrected chi connectivity index (χ0v) is 14.7. The zero-order valence-electron chi connectivity index (χ0n) is 14.0. The molecule has 7 heteroatoms. The molecule has 4 nitrogen and oxygen atoms in total. The van der Waals surface area contributed by atoms with Crippen LogP contribution in [0.2, 0.25) is 5.15 Å². The van der Waals surface area contributed by atoms with Gasteiger partial charge in [0.05, 0.1) is 0 Å². The third-order valence-corrected chi connectivity index (χ3v) is 5.14. The van der Waals surface area contributed by atoms with Crippen molar-refractivity contribution in [3.8, 4) is 11.1 Å². The molecule has 0 bridgehead atoms. The standard InChI is InChI=1S/C20H13ClF2N4/c21-19-10-16(20-25-5-6-27(20)26-19)14-9-15(14)18-7-11(3-4-24-18)13-2-1-12(22)8-17(13)23/h1-8,10,14-15H,9H2/t14?,15-/m0/s1. The van der Waals surface area contributed by atoms with E-state index in [1.165, 1.54) is 12.1 Å². The maximum absolute atomic E-state index is 14.1. The van der Waals surface area contributed by atoms with E-state index in [1.54, 1.807) is 29.2 Å². The molecule has 4 aromatic rings. The van der Waals surface area contributed by atoms with Crippen molar-refractivity contribution in [2.75, 3.05) is 0 Å². The normalized spacial score (nSPS) is 18.8. The second-order valence-corrected chi connectivity index (χ2v) is 7.05. The summed E-state index contributed by atoms with van der Waals surface area (Å²) in [6, 6.07) is 9.04. The molecule has 1 unspecified atom stereocenters. The summed E-state index contributed by atoms with van der Waals surface area (Å²) in [5.41, 5.74) is 3.73. The third kappa shape index (κ3) is 2.86. The van der Waals surface area contributed by atoms with Crippen LogP contribution in [0.1, 0.15) is 29.5 Å². The van der Waals surface area contributed by atoms with Crippen molar-refractivity contribution in [2.45, 2.75) is 18.3 Å². The van der Waals surface area contributed by atoms with Crippen molar-refractivity contribution in [2.24, 2.45) is 0 Å². The second-order valence-electron chi connectivity index (χ2n) is 6.66. The minimum Gasteiger partial charge on any atom is -0.261 e. The van der Waals surface area contributed by atoms with Gasteiger partial charge in [0.15, 0.2) is 5.65 Å². The summed E-state index contributed by atoms with van der Waals surface area (Å²) in [7, 11) is 0. The molecule has 1 aliphatic carbocycles. The fraction of sp³-hybridized carbons (Fsp3) is 0.150. The van der Waals surface area contributed by atoms with Crippen LogP contribution >= 0.6 is 11.6 Å². The molecule has 1 aromatic carbocycles. The second kappa shape index (κ2) is 6.09. The number of nitrogens with zero attached hydrogens (tertiary/aromatic N) is 4. The van der Waals surface area contributed by atoms with Gasteiger partial charge in [-0.15, -0.1) is 0 Å². The number of halogens is 3. The van der Waals surface area contributed by atoms with Crippen LogP contribution in [0.15, 0.2) is 55.0 Å². The summed E-state index contributed by atoms with van der Waals surface area (Å²) >= 11 is 6.13. The van der Waals surface area contributed by atoms with Crippen LogP contribution in [-0.4, -0.2) is 19.6 Å².